The van der Waals surface area contributed by atoms with Crippen LogP contribution in [0.1, 0.15) is 30.5 Å². The van der Waals surface area contributed by atoms with Gasteiger partial charge < -0.3 is 24.5 Å². The molecule has 0 saturated heterocycles. The Bertz CT molecular complexity index is 929. The number of oxime groups is 1. The molecule has 29 heavy (non-hydrogen) atoms. The van der Waals surface area contributed by atoms with Gasteiger partial charge in [-0.15, -0.1) is 0 Å². The molecule has 0 saturated carbocycles. The van der Waals surface area contributed by atoms with E-state index in [0.717, 1.165) is 28.3 Å². The Morgan fingerprint density at radius 3 is 2.69 bits per heavy atom. The summed E-state index contributed by atoms with van der Waals surface area (Å²) in [5.41, 5.74) is 1.77. The molecule has 2 aromatic rings. The minimum Gasteiger partial charge on any atom is -0.454 e. The summed E-state index contributed by atoms with van der Waals surface area (Å²) in [6.07, 6.45) is 0.430. The molecule has 0 aliphatic carbocycles. The molecule has 1 N–H and O–H groups in total. The smallest absolute Gasteiger partial charge is 0.267 e. The van der Waals surface area contributed by atoms with Gasteiger partial charge in [0.2, 0.25) is 12.4 Å². The predicted molar refractivity (Wildman–Crippen MR) is 109 cm³/mol. The molecule has 1 amide bonds. The van der Waals surface area contributed by atoms with Crippen molar-refractivity contribution in [2.45, 2.75) is 25.0 Å². The normalized spacial score (nSPS) is 20.9. The van der Waals surface area contributed by atoms with Crippen LogP contribution in [0.25, 0.3) is 0 Å². The molecule has 2 aliphatic rings. The van der Waals surface area contributed by atoms with E-state index < -0.39 is 5.60 Å². The van der Waals surface area contributed by atoms with Crippen LogP contribution in [0.15, 0.2) is 53.7 Å². The SMILES string of the molecule is CN(C)[C@H](CNC(=O)[C@]1(C)CC(c2ccccc2)=NO1)c1ccc2c(c1)OCO2. The number of hydrogen-bond donors (Lipinski definition) is 1. The van der Waals surface area contributed by atoms with Gasteiger partial charge >= 0.3 is 0 Å². The molecule has 0 bridgehead atoms. The monoisotopic (exact) mass is 395 g/mol. The van der Waals surface area contributed by atoms with E-state index in [-0.39, 0.29) is 18.7 Å². The lowest BCUT2D eigenvalue weighted by molar-refractivity contribution is -0.141. The fraction of sp³-hybridized carbons (Fsp3) is 0.364. The fourth-order valence-corrected chi connectivity index (χ4v) is 3.54. The maximum absolute atomic E-state index is 12.9. The van der Waals surface area contributed by atoms with E-state index in [1.807, 2.05) is 62.6 Å². The van der Waals surface area contributed by atoms with Crippen molar-refractivity contribution in [3.63, 3.8) is 0 Å². The first kappa shape index (κ1) is 19.3. The number of rotatable bonds is 6. The third-order valence-corrected chi connectivity index (χ3v) is 5.31. The molecule has 0 radical (unpaired) electrons. The highest BCUT2D eigenvalue weighted by molar-refractivity contribution is 6.05. The van der Waals surface area contributed by atoms with Gasteiger partial charge in [-0.05, 0) is 44.3 Å². The number of fused-ring (bicyclic) bond motifs is 1. The van der Waals surface area contributed by atoms with Crippen LogP contribution < -0.4 is 14.8 Å². The van der Waals surface area contributed by atoms with Crippen molar-refractivity contribution in [3.8, 4) is 11.5 Å². The molecule has 2 aromatic carbocycles. The summed E-state index contributed by atoms with van der Waals surface area (Å²) in [5.74, 6) is 1.29. The Labute approximate surface area is 170 Å². The summed E-state index contributed by atoms with van der Waals surface area (Å²) < 4.78 is 10.9. The third kappa shape index (κ3) is 3.91. The van der Waals surface area contributed by atoms with Gasteiger partial charge in [-0.3, -0.25) is 4.79 Å². The van der Waals surface area contributed by atoms with E-state index in [0.29, 0.717) is 13.0 Å². The Morgan fingerprint density at radius 2 is 1.93 bits per heavy atom. The topological polar surface area (TPSA) is 72.4 Å². The number of amides is 1. The van der Waals surface area contributed by atoms with Crippen LogP contribution in [-0.2, 0) is 9.63 Å². The quantitative estimate of drug-likeness (QED) is 0.814. The second kappa shape index (κ2) is 7.75. The molecule has 4 rings (SSSR count). The van der Waals surface area contributed by atoms with E-state index in [4.69, 9.17) is 14.3 Å². The van der Waals surface area contributed by atoms with Crippen LogP contribution in [0.4, 0.5) is 0 Å². The number of hydrogen-bond acceptors (Lipinski definition) is 6. The summed E-state index contributed by atoms with van der Waals surface area (Å²) in [5, 5.41) is 7.19. The van der Waals surface area contributed by atoms with Crippen molar-refractivity contribution in [3.05, 3.63) is 59.7 Å². The van der Waals surface area contributed by atoms with Gasteiger partial charge in [-0.25, -0.2) is 0 Å². The summed E-state index contributed by atoms with van der Waals surface area (Å²) in [4.78, 5) is 20.5. The average Bonchev–Trinajstić information content (AvgIpc) is 3.35. The zero-order valence-electron chi connectivity index (χ0n) is 16.8. The zero-order chi connectivity index (χ0) is 20.4. The summed E-state index contributed by atoms with van der Waals surface area (Å²) in [6, 6.07) is 15.6. The molecule has 7 nitrogen and oxygen atoms in total. The largest absolute Gasteiger partial charge is 0.454 e. The van der Waals surface area contributed by atoms with Crippen molar-refractivity contribution in [1.29, 1.82) is 0 Å². The standard InChI is InChI=1S/C22H25N3O4/c1-22(12-17(24-29-22)15-7-5-4-6-8-15)21(26)23-13-18(25(2)3)16-9-10-19-20(11-16)28-14-27-19/h4-11,18H,12-14H2,1-3H3,(H,23,26)/t18-,22+/m1/s1. The number of nitrogens with zero attached hydrogens (tertiary/aromatic N) is 2. The number of ether oxygens (including phenoxy) is 2. The number of likely N-dealkylation sites (N-methyl/N-ethyl adjacent to an activating group) is 1. The van der Waals surface area contributed by atoms with Crippen LogP contribution in [0, 0.1) is 0 Å². The summed E-state index contributed by atoms with van der Waals surface area (Å²) in [7, 11) is 3.96. The lowest BCUT2D eigenvalue weighted by Crippen LogP contribution is -2.47. The van der Waals surface area contributed by atoms with Crippen LogP contribution in [0.3, 0.4) is 0 Å². The minimum atomic E-state index is -1.02. The Kier molecular flexibility index (Phi) is 5.15. The minimum absolute atomic E-state index is 0.0204. The van der Waals surface area contributed by atoms with E-state index in [9.17, 15) is 4.79 Å². The van der Waals surface area contributed by atoms with E-state index >= 15 is 0 Å². The average molecular weight is 395 g/mol. The maximum Gasteiger partial charge on any atom is 0.267 e. The van der Waals surface area contributed by atoms with Crippen LogP contribution in [-0.4, -0.2) is 49.6 Å². The molecule has 7 heteroatoms. The molecule has 0 spiro atoms. The lowest BCUT2D eigenvalue weighted by atomic mass is 9.95. The first-order valence-corrected chi connectivity index (χ1v) is 9.61. The number of nitrogens with one attached hydrogen (secondary N) is 1. The van der Waals surface area contributed by atoms with Crippen molar-refractivity contribution >= 4 is 11.6 Å². The van der Waals surface area contributed by atoms with Crippen LogP contribution in [0.2, 0.25) is 0 Å². The Balaban J connectivity index is 1.41. The van der Waals surface area contributed by atoms with E-state index in [2.05, 4.69) is 15.4 Å². The van der Waals surface area contributed by atoms with Gasteiger partial charge in [-0.1, -0.05) is 41.6 Å². The van der Waals surface area contributed by atoms with Crippen molar-refractivity contribution in [1.82, 2.24) is 10.2 Å². The molecular weight excluding hydrogens is 370 g/mol. The number of carbonyl (C=O) groups is 1. The highest BCUT2D eigenvalue weighted by atomic mass is 16.7. The van der Waals surface area contributed by atoms with Gasteiger partial charge in [0.1, 0.15) is 0 Å². The number of carbonyl (C=O) groups excluding carboxylic acids is 1. The first-order chi connectivity index (χ1) is 14.0. The number of benzene rings is 2. The highest BCUT2D eigenvalue weighted by Crippen LogP contribution is 2.35. The van der Waals surface area contributed by atoms with Gasteiger partial charge in [0.25, 0.3) is 5.91 Å². The maximum atomic E-state index is 12.9. The van der Waals surface area contributed by atoms with Gasteiger partial charge in [-0.2, -0.15) is 0 Å². The molecule has 0 unspecified atom stereocenters. The predicted octanol–water partition coefficient (Wildman–Crippen LogP) is 2.72. The molecule has 2 heterocycles. The summed E-state index contributed by atoms with van der Waals surface area (Å²) in [6.45, 7) is 2.44. The van der Waals surface area contributed by atoms with Crippen LogP contribution >= 0.6 is 0 Å². The first-order valence-electron chi connectivity index (χ1n) is 9.61. The molecule has 0 fully saturated rings. The zero-order valence-corrected chi connectivity index (χ0v) is 16.8. The molecule has 0 aromatic heterocycles. The summed E-state index contributed by atoms with van der Waals surface area (Å²) >= 11 is 0. The molecule has 2 atom stereocenters. The van der Waals surface area contributed by atoms with Crippen molar-refractivity contribution in [2.24, 2.45) is 5.16 Å². The lowest BCUT2D eigenvalue weighted by Gasteiger charge is -2.27. The van der Waals surface area contributed by atoms with E-state index in [1.54, 1.807) is 6.92 Å². The second-order valence-electron chi connectivity index (χ2n) is 7.71. The van der Waals surface area contributed by atoms with Crippen LogP contribution in [0.5, 0.6) is 11.5 Å². The van der Waals surface area contributed by atoms with E-state index in [1.165, 1.54) is 0 Å². The van der Waals surface area contributed by atoms with Crippen molar-refractivity contribution < 1.29 is 19.1 Å². The van der Waals surface area contributed by atoms with Gasteiger partial charge in [0, 0.05) is 13.0 Å². The van der Waals surface area contributed by atoms with Crippen molar-refractivity contribution in [2.75, 3.05) is 27.4 Å². The second-order valence-corrected chi connectivity index (χ2v) is 7.71. The van der Waals surface area contributed by atoms with Gasteiger partial charge in [0.05, 0.1) is 11.8 Å². The van der Waals surface area contributed by atoms with Gasteiger partial charge in [0.15, 0.2) is 11.5 Å². The fourth-order valence-electron chi connectivity index (χ4n) is 3.54. The highest BCUT2D eigenvalue weighted by Gasteiger charge is 2.42. The Hall–Kier alpha value is -3.06. The third-order valence-electron chi connectivity index (χ3n) is 5.31. The molecular formula is C22H25N3O4. The Morgan fingerprint density at radius 1 is 1.17 bits per heavy atom. The molecule has 152 valence electrons. The molecule has 2 aliphatic heterocycles.